The van der Waals surface area contributed by atoms with E-state index in [4.69, 9.17) is 28.9 Å². The largest absolute Gasteiger partial charge is 0.390 e. The second-order valence-corrected chi connectivity index (χ2v) is 7.72. The fraction of sp³-hybridized carbons (Fsp3) is 0.0909. The van der Waals surface area contributed by atoms with Crippen molar-refractivity contribution >= 4 is 47.1 Å². The van der Waals surface area contributed by atoms with Gasteiger partial charge in [-0.3, -0.25) is 4.90 Å². The number of aromatic nitrogens is 2. The lowest BCUT2D eigenvalue weighted by Gasteiger charge is -2.16. The molecule has 0 aliphatic carbocycles. The predicted octanol–water partition coefficient (Wildman–Crippen LogP) is 4.80. The van der Waals surface area contributed by atoms with E-state index in [-0.39, 0.29) is 0 Å². The van der Waals surface area contributed by atoms with Crippen molar-refractivity contribution < 1.29 is 4.79 Å². The number of hydrogen-bond acceptors (Lipinski definition) is 3. The number of carbonyl (C=O) groups is 1. The molecule has 9 heteroatoms. The zero-order valence-electron chi connectivity index (χ0n) is 16.4. The van der Waals surface area contributed by atoms with E-state index in [1.54, 1.807) is 18.5 Å². The minimum Gasteiger partial charge on any atom is -0.390 e. The zero-order chi connectivity index (χ0) is 22.0. The summed E-state index contributed by atoms with van der Waals surface area (Å²) in [5.74, 6) is 0.485. The van der Waals surface area contributed by atoms with Crippen LogP contribution in [0, 0.1) is 0 Å². The van der Waals surface area contributed by atoms with Crippen molar-refractivity contribution in [2.75, 3.05) is 0 Å². The Bertz CT molecular complexity index is 1200. The standard InChI is InChI=1S/C22H18Cl2N6O/c1-14-19(28-22(31)30(14)11-16-4-8-18(24)9-5-16)20-21(26-12-25)29(13-27-20)10-15-2-6-17(23)7-3-15/h2-9,12-13H,1,10-11H2,(H2,25,26). The number of nitrogens with two attached hydrogens (primary N) is 1. The average Bonchev–Trinajstić information content (AvgIpc) is 3.27. The topological polar surface area (TPSA) is 88.9 Å². The minimum atomic E-state index is -0.412. The number of allylic oxidation sites excluding steroid dienone is 1. The van der Waals surface area contributed by atoms with E-state index in [9.17, 15) is 4.79 Å². The molecule has 31 heavy (non-hydrogen) atoms. The number of rotatable bonds is 6. The first kappa shape index (κ1) is 20.8. The van der Waals surface area contributed by atoms with Crippen LogP contribution in [0.25, 0.3) is 0 Å². The summed E-state index contributed by atoms with van der Waals surface area (Å²) in [6, 6.07) is 14.3. The summed E-state index contributed by atoms with van der Waals surface area (Å²) in [6.45, 7) is 4.88. The van der Waals surface area contributed by atoms with Gasteiger partial charge in [-0.05, 0) is 35.4 Å². The van der Waals surface area contributed by atoms with E-state index in [1.165, 1.54) is 11.2 Å². The van der Waals surface area contributed by atoms with Crippen LogP contribution >= 0.6 is 23.2 Å². The van der Waals surface area contributed by atoms with Gasteiger partial charge in [-0.1, -0.05) is 54.0 Å². The summed E-state index contributed by atoms with van der Waals surface area (Å²) in [6.07, 6.45) is 2.82. The summed E-state index contributed by atoms with van der Waals surface area (Å²) in [4.78, 5) is 27.0. The molecule has 2 aromatic carbocycles. The first-order chi connectivity index (χ1) is 15.0. The van der Waals surface area contributed by atoms with Crippen LogP contribution in [0.4, 0.5) is 10.6 Å². The number of benzene rings is 2. The summed E-state index contributed by atoms with van der Waals surface area (Å²) in [5, 5.41) is 1.29. The van der Waals surface area contributed by atoms with Gasteiger partial charge in [-0.2, -0.15) is 4.99 Å². The van der Waals surface area contributed by atoms with Crippen LogP contribution in [0.5, 0.6) is 0 Å². The Morgan fingerprint density at radius 1 is 1.00 bits per heavy atom. The minimum absolute atomic E-state index is 0.322. The van der Waals surface area contributed by atoms with E-state index in [2.05, 4.69) is 21.5 Å². The predicted molar refractivity (Wildman–Crippen MR) is 123 cm³/mol. The maximum atomic E-state index is 12.6. The zero-order valence-corrected chi connectivity index (χ0v) is 17.9. The molecule has 2 heterocycles. The molecule has 3 aromatic rings. The third-order valence-corrected chi connectivity index (χ3v) is 5.29. The normalized spacial score (nSPS) is 14.0. The molecule has 1 aliphatic heterocycles. The van der Waals surface area contributed by atoms with Gasteiger partial charge < -0.3 is 10.3 Å². The SMILES string of the molecule is C=C1C(c2ncn(Cc3ccc(Cl)cc3)c2/N=C\N)=NC(=O)N1Cc1ccc(Cl)cc1. The first-order valence-electron chi connectivity index (χ1n) is 9.34. The van der Waals surface area contributed by atoms with E-state index >= 15 is 0 Å². The van der Waals surface area contributed by atoms with Crippen LogP contribution in [0.2, 0.25) is 10.0 Å². The van der Waals surface area contributed by atoms with Gasteiger partial charge in [-0.15, -0.1) is 0 Å². The van der Waals surface area contributed by atoms with E-state index in [0.29, 0.717) is 46.1 Å². The number of hydrogen-bond donors (Lipinski definition) is 1. The molecule has 0 unspecified atom stereocenters. The number of halogens is 2. The Balaban J connectivity index is 1.61. The Morgan fingerprint density at radius 3 is 2.16 bits per heavy atom. The van der Waals surface area contributed by atoms with Gasteiger partial charge in [0.25, 0.3) is 0 Å². The third kappa shape index (κ3) is 4.38. The van der Waals surface area contributed by atoms with Gasteiger partial charge in [0.2, 0.25) is 0 Å². The highest BCUT2D eigenvalue weighted by atomic mass is 35.5. The van der Waals surface area contributed by atoms with Crippen molar-refractivity contribution in [2.45, 2.75) is 13.1 Å². The number of aliphatic imine (C=N–C) groups is 2. The Hall–Kier alpha value is -3.42. The molecule has 0 atom stereocenters. The Morgan fingerprint density at radius 2 is 1.58 bits per heavy atom. The monoisotopic (exact) mass is 452 g/mol. The average molecular weight is 453 g/mol. The first-order valence-corrected chi connectivity index (χ1v) is 10.1. The molecule has 1 aliphatic rings. The van der Waals surface area contributed by atoms with Crippen LogP contribution in [-0.2, 0) is 13.1 Å². The van der Waals surface area contributed by atoms with Gasteiger partial charge >= 0.3 is 6.03 Å². The van der Waals surface area contributed by atoms with E-state index in [1.807, 2.05) is 41.0 Å². The molecular weight excluding hydrogens is 435 g/mol. The third-order valence-electron chi connectivity index (χ3n) is 4.79. The summed E-state index contributed by atoms with van der Waals surface area (Å²) in [7, 11) is 0. The fourth-order valence-electron chi connectivity index (χ4n) is 3.24. The lowest BCUT2D eigenvalue weighted by atomic mass is 10.1. The molecular formula is C22H18Cl2N6O. The molecule has 156 valence electrons. The number of amides is 2. The number of urea groups is 1. The maximum absolute atomic E-state index is 12.6. The molecule has 1 aromatic heterocycles. The number of imidazole rings is 1. The second kappa shape index (κ2) is 8.75. The maximum Gasteiger partial charge on any atom is 0.349 e. The van der Waals surface area contributed by atoms with Crippen molar-refractivity contribution in [3.63, 3.8) is 0 Å². The molecule has 0 fully saturated rings. The number of carbonyl (C=O) groups excluding carboxylic acids is 1. The van der Waals surface area contributed by atoms with E-state index in [0.717, 1.165) is 11.1 Å². The molecule has 0 radical (unpaired) electrons. The lowest BCUT2D eigenvalue weighted by molar-refractivity contribution is 0.225. The van der Waals surface area contributed by atoms with Crippen LogP contribution in [0.3, 0.4) is 0 Å². The van der Waals surface area contributed by atoms with Crippen molar-refractivity contribution in [1.29, 1.82) is 0 Å². The highest BCUT2D eigenvalue weighted by molar-refractivity contribution is 6.30. The molecule has 4 rings (SSSR count). The second-order valence-electron chi connectivity index (χ2n) is 6.85. The lowest BCUT2D eigenvalue weighted by Crippen LogP contribution is -2.23. The molecule has 7 nitrogen and oxygen atoms in total. The molecule has 0 spiro atoms. The van der Waals surface area contributed by atoms with E-state index < -0.39 is 6.03 Å². The molecule has 0 bridgehead atoms. The summed E-state index contributed by atoms with van der Waals surface area (Å²) in [5.41, 5.74) is 8.74. The van der Waals surface area contributed by atoms with Crippen molar-refractivity contribution in [3.8, 4) is 0 Å². The van der Waals surface area contributed by atoms with Gasteiger partial charge in [0, 0.05) is 10.0 Å². The van der Waals surface area contributed by atoms with Crippen LogP contribution in [-0.4, -0.2) is 32.5 Å². The van der Waals surface area contributed by atoms with Gasteiger partial charge in [-0.25, -0.2) is 14.8 Å². The van der Waals surface area contributed by atoms with Crippen molar-refractivity contribution in [2.24, 2.45) is 15.7 Å². The molecule has 0 saturated carbocycles. The van der Waals surface area contributed by atoms with Crippen LogP contribution in [0.15, 0.2) is 77.1 Å². The van der Waals surface area contributed by atoms with Gasteiger partial charge in [0.15, 0.2) is 5.82 Å². The quantitative estimate of drug-likeness (QED) is 0.430. The van der Waals surface area contributed by atoms with Crippen LogP contribution in [0.1, 0.15) is 16.8 Å². The molecule has 0 saturated heterocycles. The highest BCUT2D eigenvalue weighted by Gasteiger charge is 2.32. The summed E-state index contributed by atoms with van der Waals surface area (Å²) < 4.78 is 1.82. The number of nitrogens with zero attached hydrogens (tertiary/aromatic N) is 5. The smallest absolute Gasteiger partial charge is 0.349 e. The fourth-order valence-corrected chi connectivity index (χ4v) is 3.49. The van der Waals surface area contributed by atoms with Crippen molar-refractivity contribution in [1.82, 2.24) is 14.5 Å². The van der Waals surface area contributed by atoms with Crippen molar-refractivity contribution in [3.05, 3.63) is 94.0 Å². The van der Waals surface area contributed by atoms with Gasteiger partial charge in [0.1, 0.15) is 11.4 Å². The highest BCUT2D eigenvalue weighted by Crippen LogP contribution is 2.28. The van der Waals surface area contributed by atoms with Crippen LogP contribution < -0.4 is 5.73 Å². The Labute approximate surface area is 189 Å². The molecule has 2 N–H and O–H groups in total. The molecule has 2 amide bonds. The summed E-state index contributed by atoms with van der Waals surface area (Å²) >= 11 is 11.9. The van der Waals surface area contributed by atoms with Gasteiger partial charge in [0.05, 0.1) is 31.5 Å². The Kier molecular flexibility index (Phi) is 5.88.